The molecule has 1 aromatic carbocycles. The van der Waals surface area contributed by atoms with E-state index in [4.69, 9.17) is 0 Å². The lowest BCUT2D eigenvalue weighted by atomic mass is 10.1. The molecule has 0 spiro atoms. The summed E-state index contributed by atoms with van der Waals surface area (Å²) >= 11 is 0. The zero-order valence-corrected chi connectivity index (χ0v) is 12.8. The summed E-state index contributed by atoms with van der Waals surface area (Å²) in [5.41, 5.74) is 2.57. The quantitative estimate of drug-likeness (QED) is 0.814. The molecular formula is C17H26N2O. The summed E-state index contributed by atoms with van der Waals surface area (Å²) in [6.07, 6.45) is 2.11. The van der Waals surface area contributed by atoms with Gasteiger partial charge in [-0.25, -0.2) is 0 Å². The Balaban J connectivity index is 2.07. The summed E-state index contributed by atoms with van der Waals surface area (Å²) in [6, 6.07) is 8.79. The van der Waals surface area contributed by atoms with Gasteiger partial charge in [0.05, 0.1) is 0 Å². The first kappa shape index (κ1) is 15.1. The molecule has 0 saturated carbocycles. The average Bonchev–Trinajstić information content (AvgIpc) is 2.81. The van der Waals surface area contributed by atoms with E-state index >= 15 is 0 Å². The second-order valence-corrected chi connectivity index (χ2v) is 6.17. The molecule has 1 aromatic heterocycles. The smallest absolute Gasteiger partial charge is 0.0480 e. The Labute approximate surface area is 121 Å². The Morgan fingerprint density at radius 2 is 2.00 bits per heavy atom. The molecule has 3 nitrogen and oxygen atoms in total. The second-order valence-electron chi connectivity index (χ2n) is 6.17. The predicted molar refractivity (Wildman–Crippen MR) is 84.7 cm³/mol. The summed E-state index contributed by atoms with van der Waals surface area (Å²) in [4.78, 5) is 0. The minimum absolute atomic E-state index is 0.233. The molecule has 3 heteroatoms. The standard InChI is InChI=1S/C17H26N2O/c1-13(2)9-18-10-15-4-5-17-16(8-15)6-7-19(17)11-14(3)12-20/h4-8,13-14,18,20H,9-12H2,1-3H3. The number of hydrogen-bond donors (Lipinski definition) is 2. The van der Waals surface area contributed by atoms with Crippen molar-refractivity contribution in [1.29, 1.82) is 0 Å². The van der Waals surface area contributed by atoms with Crippen molar-refractivity contribution in [2.24, 2.45) is 11.8 Å². The molecule has 0 fully saturated rings. The van der Waals surface area contributed by atoms with Crippen LogP contribution in [0.1, 0.15) is 26.3 Å². The second kappa shape index (κ2) is 6.91. The van der Waals surface area contributed by atoms with E-state index in [-0.39, 0.29) is 12.5 Å². The Morgan fingerprint density at radius 1 is 1.20 bits per heavy atom. The number of nitrogens with one attached hydrogen (secondary N) is 1. The topological polar surface area (TPSA) is 37.2 Å². The molecule has 20 heavy (non-hydrogen) atoms. The van der Waals surface area contributed by atoms with E-state index in [1.165, 1.54) is 16.5 Å². The molecule has 0 aliphatic rings. The first-order valence-electron chi connectivity index (χ1n) is 7.49. The van der Waals surface area contributed by atoms with E-state index in [1.54, 1.807) is 0 Å². The maximum Gasteiger partial charge on any atom is 0.0480 e. The normalized spacial score (nSPS) is 13.2. The fraction of sp³-hybridized carbons (Fsp3) is 0.529. The molecule has 1 unspecified atom stereocenters. The summed E-state index contributed by atoms with van der Waals surface area (Å²) < 4.78 is 2.22. The van der Waals surface area contributed by atoms with Gasteiger partial charge < -0.3 is 15.0 Å². The van der Waals surface area contributed by atoms with Crippen molar-refractivity contribution >= 4 is 10.9 Å². The lowest BCUT2D eigenvalue weighted by Crippen LogP contribution is -2.18. The van der Waals surface area contributed by atoms with Crippen molar-refractivity contribution < 1.29 is 5.11 Å². The number of aliphatic hydroxyl groups excluding tert-OH is 1. The van der Waals surface area contributed by atoms with Crippen LogP contribution in [0.25, 0.3) is 10.9 Å². The van der Waals surface area contributed by atoms with Gasteiger partial charge in [0.1, 0.15) is 0 Å². The number of nitrogens with zero attached hydrogens (tertiary/aromatic N) is 1. The molecule has 2 rings (SSSR count). The first-order chi connectivity index (χ1) is 9.60. The van der Waals surface area contributed by atoms with Crippen LogP contribution in [0.4, 0.5) is 0 Å². The maximum absolute atomic E-state index is 9.17. The zero-order valence-electron chi connectivity index (χ0n) is 12.8. The minimum Gasteiger partial charge on any atom is -0.396 e. The van der Waals surface area contributed by atoms with Gasteiger partial charge >= 0.3 is 0 Å². The third kappa shape index (κ3) is 3.84. The van der Waals surface area contributed by atoms with Gasteiger partial charge in [-0.05, 0) is 47.5 Å². The molecule has 0 aliphatic heterocycles. The van der Waals surface area contributed by atoms with Crippen LogP contribution in [0.15, 0.2) is 30.5 Å². The fourth-order valence-corrected chi connectivity index (χ4v) is 2.42. The number of hydrogen-bond acceptors (Lipinski definition) is 2. The molecule has 0 amide bonds. The molecule has 0 bridgehead atoms. The van der Waals surface area contributed by atoms with Gasteiger partial charge in [-0.3, -0.25) is 0 Å². The van der Waals surface area contributed by atoms with Crippen LogP contribution < -0.4 is 5.32 Å². The van der Waals surface area contributed by atoms with Crippen LogP contribution in [0.5, 0.6) is 0 Å². The summed E-state index contributed by atoms with van der Waals surface area (Å²) in [6.45, 7) is 9.58. The Morgan fingerprint density at radius 3 is 2.70 bits per heavy atom. The van der Waals surface area contributed by atoms with Crippen molar-refractivity contribution in [3.8, 4) is 0 Å². The predicted octanol–water partition coefficient (Wildman–Crippen LogP) is 3.02. The molecule has 0 aliphatic carbocycles. The van der Waals surface area contributed by atoms with E-state index in [0.717, 1.165) is 19.6 Å². The third-order valence-electron chi connectivity index (χ3n) is 3.54. The van der Waals surface area contributed by atoms with Crippen LogP contribution in [0.3, 0.4) is 0 Å². The van der Waals surface area contributed by atoms with Crippen LogP contribution in [0.2, 0.25) is 0 Å². The molecule has 0 radical (unpaired) electrons. The van der Waals surface area contributed by atoms with Crippen LogP contribution in [-0.4, -0.2) is 22.8 Å². The van der Waals surface area contributed by atoms with Gasteiger partial charge in [0.25, 0.3) is 0 Å². The Kier molecular flexibility index (Phi) is 5.21. The fourth-order valence-electron chi connectivity index (χ4n) is 2.42. The van der Waals surface area contributed by atoms with Gasteiger partial charge in [-0.1, -0.05) is 26.8 Å². The van der Waals surface area contributed by atoms with Gasteiger partial charge in [0.15, 0.2) is 0 Å². The third-order valence-corrected chi connectivity index (χ3v) is 3.54. The molecular weight excluding hydrogens is 248 g/mol. The summed E-state index contributed by atoms with van der Waals surface area (Å²) in [7, 11) is 0. The highest BCUT2D eigenvalue weighted by atomic mass is 16.3. The molecule has 110 valence electrons. The lowest BCUT2D eigenvalue weighted by Gasteiger charge is -2.11. The summed E-state index contributed by atoms with van der Waals surface area (Å²) in [5, 5.41) is 13.9. The number of aliphatic hydroxyl groups is 1. The van der Waals surface area contributed by atoms with E-state index < -0.39 is 0 Å². The van der Waals surface area contributed by atoms with Crippen molar-refractivity contribution in [3.63, 3.8) is 0 Å². The van der Waals surface area contributed by atoms with Crippen LogP contribution in [0, 0.1) is 11.8 Å². The van der Waals surface area contributed by atoms with Gasteiger partial charge in [-0.2, -0.15) is 0 Å². The zero-order chi connectivity index (χ0) is 14.5. The largest absolute Gasteiger partial charge is 0.396 e. The van der Waals surface area contributed by atoms with E-state index in [2.05, 4.69) is 61.1 Å². The van der Waals surface area contributed by atoms with Crippen LogP contribution >= 0.6 is 0 Å². The van der Waals surface area contributed by atoms with Crippen molar-refractivity contribution in [2.75, 3.05) is 13.2 Å². The van der Waals surface area contributed by atoms with Gasteiger partial charge in [0, 0.05) is 31.4 Å². The van der Waals surface area contributed by atoms with E-state index in [0.29, 0.717) is 5.92 Å². The number of fused-ring (bicyclic) bond motifs is 1. The highest BCUT2D eigenvalue weighted by molar-refractivity contribution is 5.80. The molecule has 1 heterocycles. The number of benzene rings is 1. The SMILES string of the molecule is CC(C)CNCc1ccc2c(ccn2CC(C)CO)c1. The molecule has 1 atom stereocenters. The maximum atomic E-state index is 9.17. The minimum atomic E-state index is 0.233. The highest BCUT2D eigenvalue weighted by Crippen LogP contribution is 2.19. The van der Waals surface area contributed by atoms with E-state index in [1.807, 2.05) is 0 Å². The molecule has 0 saturated heterocycles. The van der Waals surface area contributed by atoms with Crippen molar-refractivity contribution in [2.45, 2.75) is 33.9 Å². The molecule has 2 aromatic rings. The Bertz CT molecular complexity index is 545. The number of rotatable bonds is 7. The van der Waals surface area contributed by atoms with Crippen LogP contribution in [-0.2, 0) is 13.1 Å². The van der Waals surface area contributed by atoms with E-state index in [9.17, 15) is 5.11 Å². The van der Waals surface area contributed by atoms with Gasteiger partial charge in [0.2, 0.25) is 0 Å². The summed E-state index contributed by atoms with van der Waals surface area (Å²) in [5.74, 6) is 0.970. The molecule has 2 N–H and O–H groups in total. The van der Waals surface area contributed by atoms with Gasteiger partial charge in [-0.15, -0.1) is 0 Å². The lowest BCUT2D eigenvalue weighted by molar-refractivity contribution is 0.224. The average molecular weight is 274 g/mol. The highest BCUT2D eigenvalue weighted by Gasteiger charge is 2.06. The number of aromatic nitrogens is 1. The Hall–Kier alpha value is -1.32. The monoisotopic (exact) mass is 274 g/mol. The van der Waals surface area contributed by atoms with Crippen molar-refractivity contribution in [3.05, 3.63) is 36.0 Å². The van der Waals surface area contributed by atoms with Crippen molar-refractivity contribution in [1.82, 2.24) is 9.88 Å². The first-order valence-corrected chi connectivity index (χ1v) is 7.49.